The molecule has 0 bridgehead atoms. The van der Waals surface area contributed by atoms with Crippen LogP contribution >= 0.6 is 23.1 Å². The fourth-order valence-electron chi connectivity index (χ4n) is 2.10. The van der Waals surface area contributed by atoms with Crippen LogP contribution in [0.3, 0.4) is 0 Å². The van der Waals surface area contributed by atoms with Crippen molar-refractivity contribution >= 4 is 33.3 Å². The van der Waals surface area contributed by atoms with E-state index in [0.29, 0.717) is 40.1 Å². The molecule has 3 aromatic heterocycles. The van der Waals surface area contributed by atoms with Crippen LogP contribution in [0.25, 0.3) is 10.2 Å². The third kappa shape index (κ3) is 3.54. The first-order chi connectivity index (χ1) is 11.2. The normalized spacial score (nSPS) is 11.3. The Morgan fingerprint density at radius 2 is 2.30 bits per heavy atom. The van der Waals surface area contributed by atoms with Crippen molar-refractivity contribution in [2.24, 2.45) is 0 Å². The summed E-state index contributed by atoms with van der Waals surface area (Å²) in [7, 11) is 1.62. The van der Waals surface area contributed by atoms with Crippen LogP contribution in [0, 0.1) is 0 Å². The number of rotatable bonds is 7. The van der Waals surface area contributed by atoms with Crippen LogP contribution in [-0.2, 0) is 17.0 Å². The number of thiophene rings is 1. The smallest absolute Gasteiger partial charge is 0.343 e. The molecule has 0 saturated heterocycles. The molecule has 10 heteroatoms. The highest BCUT2D eigenvalue weighted by atomic mass is 32.2. The molecule has 122 valence electrons. The van der Waals surface area contributed by atoms with Crippen molar-refractivity contribution in [2.75, 3.05) is 13.7 Å². The summed E-state index contributed by atoms with van der Waals surface area (Å²) >= 11 is 2.72. The summed E-state index contributed by atoms with van der Waals surface area (Å²) in [5.41, 5.74) is 0.298. The minimum atomic E-state index is -0.252. The second kappa shape index (κ2) is 7.11. The van der Waals surface area contributed by atoms with Crippen molar-refractivity contribution in [3.8, 4) is 0 Å². The number of aromatic nitrogens is 5. The largest absolute Gasteiger partial charge is 0.385 e. The number of ether oxygens (including phenoxy) is 1. The summed E-state index contributed by atoms with van der Waals surface area (Å²) < 4.78 is 7.17. The van der Waals surface area contributed by atoms with E-state index < -0.39 is 0 Å². The Bertz CT molecular complexity index is 910. The third-order valence-corrected chi connectivity index (χ3v) is 5.05. The lowest BCUT2D eigenvalue weighted by atomic mass is 10.4. The van der Waals surface area contributed by atoms with E-state index in [-0.39, 0.29) is 11.2 Å². The lowest BCUT2D eigenvalue weighted by Crippen LogP contribution is -2.18. The zero-order valence-electron chi connectivity index (χ0n) is 12.4. The number of hydrogen-bond acceptors (Lipinski definition) is 7. The van der Waals surface area contributed by atoms with E-state index in [2.05, 4.69) is 20.2 Å². The van der Waals surface area contributed by atoms with Gasteiger partial charge >= 0.3 is 5.69 Å². The number of H-pyrrole nitrogens is 2. The zero-order valence-corrected chi connectivity index (χ0v) is 14.0. The van der Waals surface area contributed by atoms with Gasteiger partial charge in [0.2, 0.25) is 0 Å². The van der Waals surface area contributed by atoms with Crippen molar-refractivity contribution in [3.05, 3.63) is 38.1 Å². The van der Waals surface area contributed by atoms with Gasteiger partial charge in [0.1, 0.15) is 10.5 Å². The maximum absolute atomic E-state index is 11.9. The first-order valence-electron chi connectivity index (χ1n) is 6.92. The van der Waals surface area contributed by atoms with E-state index in [1.165, 1.54) is 23.1 Å². The third-order valence-electron chi connectivity index (χ3n) is 3.16. The summed E-state index contributed by atoms with van der Waals surface area (Å²) in [5.74, 6) is 0.986. The van der Waals surface area contributed by atoms with Gasteiger partial charge in [0.05, 0.1) is 11.3 Å². The molecule has 0 aliphatic heterocycles. The topological polar surface area (TPSA) is 106 Å². The molecule has 0 amide bonds. The fraction of sp³-hybridized carbons (Fsp3) is 0.385. The number of fused-ring (bicyclic) bond motifs is 1. The number of methoxy groups -OCH3 is 1. The molecule has 0 aliphatic carbocycles. The SMILES string of the molecule is COCCCn1c(SCc2nc3ccsc3c(=O)[nH]2)n[nH]c1=O. The Hall–Kier alpha value is -1.91. The highest BCUT2D eigenvalue weighted by molar-refractivity contribution is 7.98. The number of nitrogens with zero attached hydrogens (tertiary/aromatic N) is 3. The van der Waals surface area contributed by atoms with Crippen molar-refractivity contribution < 1.29 is 4.74 Å². The van der Waals surface area contributed by atoms with Crippen molar-refractivity contribution in [1.29, 1.82) is 0 Å². The highest BCUT2D eigenvalue weighted by Crippen LogP contribution is 2.19. The zero-order chi connectivity index (χ0) is 16.2. The second-order valence-corrected chi connectivity index (χ2v) is 6.60. The summed E-state index contributed by atoms with van der Waals surface area (Å²) in [6.07, 6.45) is 0.722. The fourth-order valence-corrected chi connectivity index (χ4v) is 3.67. The average molecular weight is 353 g/mol. The van der Waals surface area contributed by atoms with Gasteiger partial charge in [-0.1, -0.05) is 11.8 Å². The Morgan fingerprint density at radius 3 is 3.13 bits per heavy atom. The lowest BCUT2D eigenvalue weighted by Gasteiger charge is -2.05. The molecule has 0 fully saturated rings. The van der Waals surface area contributed by atoms with Gasteiger partial charge in [0.15, 0.2) is 5.16 Å². The van der Waals surface area contributed by atoms with E-state index in [0.717, 1.165) is 6.42 Å². The van der Waals surface area contributed by atoms with Gasteiger partial charge in [0.25, 0.3) is 5.56 Å². The van der Waals surface area contributed by atoms with Crippen molar-refractivity contribution in [2.45, 2.75) is 23.9 Å². The Morgan fingerprint density at radius 1 is 1.43 bits per heavy atom. The first-order valence-corrected chi connectivity index (χ1v) is 8.79. The number of nitrogens with one attached hydrogen (secondary N) is 2. The van der Waals surface area contributed by atoms with E-state index in [9.17, 15) is 9.59 Å². The molecule has 0 aliphatic rings. The predicted octanol–water partition coefficient (Wildman–Crippen LogP) is 1.20. The molecule has 0 unspecified atom stereocenters. The van der Waals surface area contributed by atoms with Gasteiger partial charge in [-0.2, -0.15) is 0 Å². The van der Waals surface area contributed by atoms with Crippen molar-refractivity contribution in [1.82, 2.24) is 24.7 Å². The predicted molar refractivity (Wildman–Crippen MR) is 89.1 cm³/mol. The molecule has 3 aromatic rings. The van der Waals surface area contributed by atoms with Crippen LogP contribution in [0.1, 0.15) is 12.2 Å². The molecule has 0 saturated carbocycles. The minimum Gasteiger partial charge on any atom is -0.385 e. The summed E-state index contributed by atoms with van der Waals surface area (Å²) in [5, 5.41) is 8.86. The molecule has 8 nitrogen and oxygen atoms in total. The molecule has 3 rings (SSSR count). The van der Waals surface area contributed by atoms with E-state index in [1.54, 1.807) is 11.7 Å². The van der Waals surface area contributed by atoms with E-state index >= 15 is 0 Å². The van der Waals surface area contributed by atoms with Crippen LogP contribution in [0.2, 0.25) is 0 Å². The maximum atomic E-state index is 11.9. The van der Waals surface area contributed by atoms with Gasteiger partial charge in [-0.15, -0.1) is 16.4 Å². The summed E-state index contributed by atoms with van der Waals surface area (Å²) in [6.45, 7) is 1.10. The van der Waals surface area contributed by atoms with Gasteiger partial charge < -0.3 is 9.72 Å². The van der Waals surface area contributed by atoms with Gasteiger partial charge in [-0.25, -0.2) is 14.9 Å². The van der Waals surface area contributed by atoms with Crippen LogP contribution in [0.5, 0.6) is 0 Å². The Kier molecular flexibility index (Phi) is 4.94. The quantitative estimate of drug-likeness (QED) is 0.488. The molecule has 0 radical (unpaired) electrons. The van der Waals surface area contributed by atoms with Crippen LogP contribution < -0.4 is 11.2 Å². The first kappa shape index (κ1) is 16.0. The molecular weight excluding hydrogens is 338 g/mol. The molecule has 2 N–H and O–H groups in total. The molecule has 0 spiro atoms. The van der Waals surface area contributed by atoms with E-state index in [4.69, 9.17) is 4.74 Å². The number of thioether (sulfide) groups is 1. The van der Waals surface area contributed by atoms with Gasteiger partial charge in [0, 0.05) is 20.3 Å². The summed E-state index contributed by atoms with van der Waals surface area (Å²) in [4.78, 5) is 30.9. The molecule has 23 heavy (non-hydrogen) atoms. The molecule has 0 aromatic carbocycles. The van der Waals surface area contributed by atoms with Crippen molar-refractivity contribution in [3.63, 3.8) is 0 Å². The Balaban J connectivity index is 1.74. The molecule has 0 atom stereocenters. The van der Waals surface area contributed by atoms with Crippen LogP contribution in [0.15, 0.2) is 26.2 Å². The average Bonchev–Trinajstić information content (AvgIpc) is 3.13. The lowest BCUT2D eigenvalue weighted by molar-refractivity contribution is 0.189. The minimum absolute atomic E-state index is 0.139. The number of aromatic amines is 2. The standard InChI is InChI=1S/C13H15N5O3S2/c1-21-5-2-4-18-12(20)16-17-13(18)23-7-9-14-8-3-6-22-10(8)11(19)15-9/h3,6H,2,4-5,7H2,1H3,(H,16,20)(H,14,15,19). The van der Waals surface area contributed by atoms with E-state index in [1.807, 2.05) is 11.4 Å². The summed E-state index contributed by atoms with van der Waals surface area (Å²) in [6, 6.07) is 1.82. The molecule has 3 heterocycles. The monoisotopic (exact) mass is 353 g/mol. The van der Waals surface area contributed by atoms with Gasteiger partial charge in [-0.3, -0.25) is 9.36 Å². The maximum Gasteiger partial charge on any atom is 0.343 e. The Labute approximate surface area is 138 Å². The second-order valence-electron chi connectivity index (χ2n) is 4.75. The van der Waals surface area contributed by atoms with Crippen LogP contribution in [-0.4, -0.2) is 38.4 Å². The van der Waals surface area contributed by atoms with Gasteiger partial charge in [-0.05, 0) is 17.9 Å². The van der Waals surface area contributed by atoms with Crippen LogP contribution in [0.4, 0.5) is 0 Å². The molecular formula is C13H15N5O3S2. The number of hydrogen-bond donors (Lipinski definition) is 2. The highest BCUT2D eigenvalue weighted by Gasteiger charge is 2.11.